The second kappa shape index (κ2) is 8.06. The number of esters is 1. The van der Waals surface area contributed by atoms with Crippen LogP contribution in [-0.4, -0.2) is 39.8 Å². The lowest BCUT2D eigenvalue weighted by Gasteiger charge is -2.28. The zero-order chi connectivity index (χ0) is 16.8. The molecule has 0 spiro atoms. The maximum absolute atomic E-state index is 12.1. The first-order valence-electron chi connectivity index (χ1n) is 8.47. The molecule has 1 aliphatic rings. The predicted molar refractivity (Wildman–Crippen MR) is 89.0 cm³/mol. The van der Waals surface area contributed by atoms with E-state index in [9.17, 15) is 4.79 Å². The Kier molecular flexibility index (Phi) is 5.59. The van der Waals surface area contributed by atoms with Gasteiger partial charge in [0.2, 0.25) is 0 Å². The molecule has 0 aromatic carbocycles. The van der Waals surface area contributed by atoms with E-state index in [0.29, 0.717) is 18.6 Å². The quantitative estimate of drug-likeness (QED) is 0.602. The normalized spacial score (nSPS) is 20.7. The van der Waals surface area contributed by atoms with Crippen molar-refractivity contribution in [2.45, 2.75) is 38.7 Å². The summed E-state index contributed by atoms with van der Waals surface area (Å²) in [6, 6.07) is 3.50. The van der Waals surface area contributed by atoms with Gasteiger partial charge >= 0.3 is 5.97 Å². The Bertz CT molecular complexity index is 657. The largest absolute Gasteiger partial charge is 0.459 e. The van der Waals surface area contributed by atoms with Gasteiger partial charge in [-0.2, -0.15) is 0 Å². The monoisotopic (exact) mass is 329 g/mol. The summed E-state index contributed by atoms with van der Waals surface area (Å²) in [5.41, 5.74) is 1.11. The van der Waals surface area contributed by atoms with Crippen LogP contribution < -0.4 is 0 Å². The minimum atomic E-state index is -0.433. The van der Waals surface area contributed by atoms with Crippen LogP contribution in [0.25, 0.3) is 5.69 Å². The standard InChI is InChI=1S/C18H23N3O3/c1-14-4-2-3-5-17(14)23-10-11-24-18(22)16-12-15(6-7-20-16)21-9-8-19-13-21/h6-9,12-14,17H,2-5,10-11H2,1H3/t14-,17+/m0/s1. The van der Waals surface area contributed by atoms with Gasteiger partial charge in [0.15, 0.2) is 0 Å². The van der Waals surface area contributed by atoms with Crippen molar-refractivity contribution in [3.63, 3.8) is 0 Å². The van der Waals surface area contributed by atoms with E-state index in [0.717, 1.165) is 12.1 Å². The van der Waals surface area contributed by atoms with Crippen LogP contribution in [0.1, 0.15) is 43.1 Å². The molecule has 0 amide bonds. The zero-order valence-electron chi connectivity index (χ0n) is 13.9. The summed E-state index contributed by atoms with van der Waals surface area (Å²) in [4.78, 5) is 20.2. The third-order valence-corrected chi connectivity index (χ3v) is 4.44. The van der Waals surface area contributed by atoms with Crippen LogP contribution in [0.4, 0.5) is 0 Å². The van der Waals surface area contributed by atoms with Gasteiger partial charge in [-0.3, -0.25) is 0 Å². The van der Waals surface area contributed by atoms with E-state index in [4.69, 9.17) is 9.47 Å². The van der Waals surface area contributed by atoms with Crippen LogP contribution in [0, 0.1) is 5.92 Å². The van der Waals surface area contributed by atoms with Gasteiger partial charge in [-0.1, -0.05) is 19.8 Å². The molecule has 2 aromatic rings. The summed E-state index contributed by atoms with van der Waals surface area (Å²) in [6.07, 6.45) is 11.9. The van der Waals surface area contributed by atoms with E-state index in [-0.39, 0.29) is 12.3 Å². The highest BCUT2D eigenvalue weighted by atomic mass is 16.6. The predicted octanol–water partition coefficient (Wildman–Crippen LogP) is 3.02. The van der Waals surface area contributed by atoms with E-state index in [1.165, 1.54) is 19.3 Å². The van der Waals surface area contributed by atoms with Crippen molar-refractivity contribution in [2.24, 2.45) is 5.92 Å². The molecular formula is C18H23N3O3. The SMILES string of the molecule is C[C@H]1CCCC[C@H]1OCCOC(=O)c1cc(-n2ccnc2)ccn1. The van der Waals surface area contributed by atoms with Crippen LogP contribution in [0.15, 0.2) is 37.1 Å². The van der Waals surface area contributed by atoms with Gasteiger partial charge in [0.25, 0.3) is 0 Å². The topological polar surface area (TPSA) is 66.2 Å². The Hall–Kier alpha value is -2.21. The van der Waals surface area contributed by atoms with Gasteiger partial charge < -0.3 is 14.0 Å². The number of carbonyl (C=O) groups excluding carboxylic acids is 1. The lowest BCUT2D eigenvalue weighted by Crippen LogP contribution is -2.27. The highest BCUT2D eigenvalue weighted by Gasteiger charge is 2.21. The molecule has 128 valence electrons. The molecule has 1 fully saturated rings. The van der Waals surface area contributed by atoms with Crippen molar-refractivity contribution in [3.05, 3.63) is 42.7 Å². The minimum absolute atomic E-state index is 0.249. The molecule has 0 unspecified atom stereocenters. The van der Waals surface area contributed by atoms with Crippen LogP contribution in [0.3, 0.4) is 0 Å². The molecule has 1 saturated carbocycles. The third kappa shape index (κ3) is 4.20. The van der Waals surface area contributed by atoms with E-state index >= 15 is 0 Å². The van der Waals surface area contributed by atoms with Crippen molar-refractivity contribution in [1.29, 1.82) is 0 Å². The van der Waals surface area contributed by atoms with Crippen molar-refractivity contribution in [3.8, 4) is 5.69 Å². The van der Waals surface area contributed by atoms with Gasteiger partial charge in [0.05, 0.1) is 24.7 Å². The lowest BCUT2D eigenvalue weighted by molar-refractivity contribution is -0.0272. The summed E-state index contributed by atoms with van der Waals surface area (Å²) < 4.78 is 12.9. The summed E-state index contributed by atoms with van der Waals surface area (Å²) in [5.74, 6) is 0.153. The smallest absolute Gasteiger partial charge is 0.357 e. The molecule has 24 heavy (non-hydrogen) atoms. The molecule has 6 nitrogen and oxygen atoms in total. The average Bonchev–Trinajstić information content (AvgIpc) is 3.15. The Morgan fingerprint density at radius 2 is 2.17 bits per heavy atom. The number of hydrogen-bond acceptors (Lipinski definition) is 5. The third-order valence-electron chi connectivity index (χ3n) is 4.44. The molecule has 2 heterocycles. The minimum Gasteiger partial charge on any atom is -0.459 e. The summed E-state index contributed by atoms with van der Waals surface area (Å²) in [6.45, 7) is 2.91. The number of aromatic nitrogens is 3. The molecule has 3 rings (SSSR count). The van der Waals surface area contributed by atoms with Gasteiger partial charge in [0, 0.05) is 18.6 Å². The maximum atomic E-state index is 12.1. The maximum Gasteiger partial charge on any atom is 0.357 e. The molecule has 0 saturated heterocycles. The summed E-state index contributed by atoms with van der Waals surface area (Å²) in [7, 11) is 0. The second-order valence-electron chi connectivity index (χ2n) is 6.18. The molecule has 1 aliphatic carbocycles. The van der Waals surface area contributed by atoms with Crippen molar-refractivity contribution < 1.29 is 14.3 Å². The first kappa shape index (κ1) is 16.6. The zero-order valence-corrected chi connectivity index (χ0v) is 13.9. The number of pyridine rings is 1. The number of carbonyl (C=O) groups is 1. The van der Waals surface area contributed by atoms with E-state index < -0.39 is 5.97 Å². The van der Waals surface area contributed by atoms with Crippen molar-refractivity contribution in [1.82, 2.24) is 14.5 Å². The van der Waals surface area contributed by atoms with Gasteiger partial charge in [-0.15, -0.1) is 0 Å². The fourth-order valence-electron chi connectivity index (χ4n) is 3.04. The van der Waals surface area contributed by atoms with E-state index in [1.54, 1.807) is 24.8 Å². The Morgan fingerprint density at radius 3 is 2.96 bits per heavy atom. The van der Waals surface area contributed by atoms with Crippen LogP contribution in [-0.2, 0) is 9.47 Å². The first-order valence-corrected chi connectivity index (χ1v) is 8.47. The van der Waals surface area contributed by atoms with Crippen LogP contribution in [0.2, 0.25) is 0 Å². The van der Waals surface area contributed by atoms with E-state index in [2.05, 4.69) is 16.9 Å². The molecule has 6 heteroatoms. The molecule has 2 aromatic heterocycles. The number of imidazole rings is 1. The Morgan fingerprint density at radius 1 is 1.29 bits per heavy atom. The lowest BCUT2D eigenvalue weighted by atomic mass is 9.88. The summed E-state index contributed by atoms with van der Waals surface area (Å²) in [5, 5.41) is 0. The fourth-order valence-corrected chi connectivity index (χ4v) is 3.04. The van der Waals surface area contributed by atoms with Crippen LogP contribution in [0.5, 0.6) is 0 Å². The number of rotatable bonds is 6. The highest BCUT2D eigenvalue weighted by molar-refractivity contribution is 5.87. The highest BCUT2D eigenvalue weighted by Crippen LogP contribution is 2.26. The van der Waals surface area contributed by atoms with Gasteiger partial charge in [0.1, 0.15) is 12.3 Å². The molecule has 0 aliphatic heterocycles. The van der Waals surface area contributed by atoms with Gasteiger partial charge in [-0.25, -0.2) is 14.8 Å². The van der Waals surface area contributed by atoms with E-state index in [1.807, 2.05) is 16.8 Å². The number of hydrogen-bond donors (Lipinski definition) is 0. The van der Waals surface area contributed by atoms with Crippen LogP contribution >= 0.6 is 0 Å². The van der Waals surface area contributed by atoms with Gasteiger partial charge in [-0.05, 0) is 30.9 Å². The molecule has 2 atom stereocenters. The molecule has 0 radical (unpaired) electrons. The first-order chi connectivity index (χ1) is 11.7. The summed E-state index contributed by atoms with van der Waals surface area (Å²) >= 11 is 0. The Balaban J connectivity index is 1.48. The second-order valence-corrected chi connectivity index (χ2v) is 6.18. The fraction of sp³-hybridized carbons (Fsp3) is 0.500. The molecular weight excluding hydrogens is 306 g/mol. The number of nitrogens with zero attached hydrogens (tertiary/aromatic N) is 3. The Labute approximate surface area is 141 Å². The molecule has 0 bridgehead atoms. The van der Waals surface area contributed by atoms with Crippen molar-refractivity contribution in [2.75, 3.05) is 13.2 Å². The average molecular weight is 329 g/mol. The molecule has 0 N–H and O–H groups in total. The number of ether oxygens (including phenoxy) is 2. The van der Waals surface area contributed by atoms with Crippen molar-refractivity contribution >= 4 is 5.97 Å².